The number of hydrogen-bond donors (Lipinski definition) is 1. The van der Waals surface area contributed by atoms with Crippen LogP contribution in [0.2, 0.25) is 0 Å². The fourth-order valence-corrected chi connectivity index (χ4v) is 2.48. The van der Waals surface area contributed by atoms with E-state index >= 15 is 0 Å². The number of benzene rings is 3. The maximum atomic E-state index is 13.1. The molecule has 0 saturated heterocycles. The summed E-state index contributed by atoms with van der Waals surface area (Å²) in [4.78, 5) is 12.3. The molecule has 3 nitrogen and oxygen atoms in total. The van der Waals surface area contributed by atoms with Gasteiger partial charge in [-0.3, -0.25) is 4.79 Å². The van der Waals surface area contributed by atoms with Gasteiger partial charge in [0.1, 0.15) is 17.3 Å². The standard InChI is InChI=1S/C21H18FNO2/c1-14-5-3-4-6-20(14)25-18-10-8-17(9-11-18)23-21(24)19-12-7-16(22)13-15(19)2/h3-13H,1-2H3,(H,23,24). The van der Waals surface area contributed by atoms with E-state index in [1.807, 2.05) is 31.2 Å². The Bertz CT molecular complexity index is 904. The van der Waals surface area contributed by atoms with Crippen molar-refractivity contribution in [1.82, 2.24) is 0 Å². The van der Waals surface area contributed by atoms with E-state index in [0.717, 1.165) is 11.3 Å². The summed E-state index contributed by atoms with van der Waals surface area (Å²) in [6.07, 6.45) is 0. The minimum absolute atomic E-state index is 0.273. The van der Waals surface area contributed by atoms with Crippen molar-refractivity contribution < 1.29 is 13.9 Å². The minimum Gasteiger partial charge on any atom is -0.457 e. The van der Waals surface area contributed by atoms with Crippen LogP contribution in [0.1, 0.15) is 21.5 Å². The number of rotatable bonds is 4. The molecule has 1 N–H and O–H groups in total. The number of hydrogen-bond acceptors (Lipinski definition) is 2. The summed E-state index contributed by atoms with van der Waals surface area (Å²) in [5, 5.41) is 2.80. The highest BCUT2D eigenvalue weighted by molar-refractivity contribution is 6.05. The van der Waals surface area contributed by atoms with Crippen molar-refractivity contribution in [3.05, 3.63) is 89.2 Å². The van der Waals surface area contributed by atoms with Gasteiger partial charge in [0.25, 0.3) is 5.91 Å². The lowest BCUT2D eigenvalue weighted by atomic mass is 10.1. The number of anilines is 1. The van der Waals surface area contributed by atoms with E-state index in [4.69, 9.17) is 4.74 Å². The number of nitrogens with one attached hydrogen (secondary N) is 1. The summed E-state index contributed by atoms with van der Waals surface area (Å²) in [5.41, 5.74) is 2.73. The highest BCUT2D eigenvalue weighted by Gasteiger charge is 2.10. The van der Waals surface area contributed by atoms with Gasteiger partial charge < -0.3 is 10.1 Å². The number of carbonyl (C=O) groups is 1. The monoisotopic (exact) mass is 335 g/mol. The number of amides is 1. The molecule has 0 radical (unpaired) electrons. The summed E-state index contributed by atoms with van der Waals surface area (Å²) in [5.74, 6) is 0.850. The van der Waals surface area contributed by atoms with Crippen LogP contribution in [0.15, 0.2) is 66.7 Å². The van der Waals surface area contributed by atoms with Crippen molar-refractivity contribution in [2.45, 2.75) is 13.8 Å². The Morgan fingerprint density at radius 2 is 1.64 bits per heavy atom. The Morgan fingerprint density at radius 1 is 0.920 bits per heavy atom. The van der Waals surface area contributed by atoms with Gasteiger partial charge in [-0.2, -0.15) is 0 Å². The molecule has 3 rings (SSSR count). The molecule has 25 heavy (non-hydrogen) atoms. The molecule has 0 unspecified atom stereocenters. The summed E-state index contributed by atoms with van der Waals surface area (Å²) < 4.78 is 19.0. The van der Waals surface area contributed by atoms with E-state index in [2.05, 4.69) is 5.32 Å². The van der Waals surface area contributed by atoms with Crippen LogP contribution in [0.5, 0.6) is 11.5 Å². The number of para-hydroxylation sites is 1. The SMILES string of the molecule is Cc1ccccc1Oc1ccc(NC(=O)c2ccc(F)cc2C)cc1. The largest absolute Gasteiger partial charge is 0.457 e. The Balaban J connectivity index is 1.70. The maximum absolute atomic E-state index is 13.1. The normalized spacial score (nSPS) is 10.4. The van der Waals surface area contributed by atoms with E-state index in [0.29, 0.717) is 22.6 Å². The van der Waals surface area contributed by atoms with Crippen molar-refractivity contribution >= 4 is 11.6 Å². The molecule has 0 aliphatic carbocycles. The molecule has 0 aromatic heterocycles. The van der Waals surface area contributed by atoms with Crippen molar-refractivity contribution in [3.63, 3.8) is 0 Å². The van der Waals surface area contributed by atoms with E-state index < -0.39 is 0 Å². The van der Waals surface area contributed by atoms with Crippen LogP contribution in [0.25, 0.3) is 0 Å². The molecule has 0 saturated carbocycles. The van der Waals surface area contributed by atoms with Gasteiger partial charge in [-0.25, -0.2) is 4.39 Å². The highest BCUT2D eigenvalue weighted by atomic mass is 19.1. The third-order valence-corrected chi connectivity index (χ3v) is 3.87. The van der Waals surface area contributed by atoms with Gasteiger partial charge in [-0.15, -0.1) is 0 Å². The molecule has 0 fully saturated rings. The molecular weight excluding hydrogens is 317 g/mol. The van der Waals surface area contributed by atoms with Crippen LogP contribution in [0, 0.1) is 19.7 Å². The van der Waals surface area contributed by atoms with Crippen LogP contribution in [0.3, 0.4) is 0 Å². The van der Waals surface area contributed by atoms with Crippen molar-refractivity contribution in [2.75, 3.05) is 5.32 Å². The Hall–Kier alpha value is -3.14. The predicted octanol–water partition coefficient (Wildman–Crippen LogP) is 5.49. The number of aryl methyl sites for hydroxylation is 2. The second-order valence-electron chi connectivity index (χ2n) is 5.81. The average Bonchev–Trinajstić information content (AvgIpc) is 2.58. The molecule has 3 aromatic rings. The Labute approximate surface area is 146 Å². The van der Waals surface area contributed by atoms with Crippen molar-refractivity contribution in [3.8, 4) is 11.5 Å². The first-order valence-electron chi connectivity index (χ1n) is 7.94. The molecule has 0 aliphatic heterocycles. The molecule has 3 aromatic carbocycles. The number of ether oxygens (including phenoxy) is 1. The maximum Gasteiger partial charge on any atom is 0.255 e. The average molecular weight is 335 g/mol. The van der Waals surface area contributed by atoms with Crippen LogP contribution < -0.4 is 10.1 Å². The lowest BCUT2D eigenvalue weighted by Gasteiger charge is -2.10. The zero-order chi connectivity index (χ0) is 17.8. The number of halogens is 1. The van der Waals surface area contributed by atoms with Gasteiger partial charge in [0.15, 0.2) is 0 Å². The van der Waals surface area contributed by atoms with Gasteiger partial charge in [0.2, 0.25) is 0 Å². The molecule has 0 bridgehead atoms. The van der Waals surface area contributed by atoms with E-state index in [-0.39, 0.29) is 11.7 Å². The fourth-order valence-electron chi connectivity index (χ4n) is 2.48. The second-order valence-corrected chi connectivity index (χ2v) is 5.81. The molecule has 0 heterocycles. The summed E-state index contributed by atoms with van der Waals surface area (Å²) in [6.45, 7) is 3.69. The third kappa shape index (κ3) is 4.04. The summed E-state index contributed by atoms with van der Waals surface area (Å²) >= 11 is 0. The summed E-state index contributed by atoms with van der Waals surface area (Å²) in [6, 6.07) is 19.0. The number of carbonyl (C=O) groups excluding carboxylic acids is 1. The second kappa shape index (κ2) is 7.18. The first kappa shape index (κ1) is 16.7. The van der Waals surface area contributed by atoms with Crippen molar-refractivity contribution in [1.29, 1.82) is 0 Å². The van der Waals surface area contributed by atoms with E-state index in [1.165, 1.54) is 18.2 Å². The predicted molar refractivity (Wildman–Crippen MR) is 96.8 cm³/mol. The molecule has 0 aliphatic rings. The van der Waals surface area contributed by atoms with Gasteiger partial charge in [-0.1, -0.05) is 18.2 Å². The molecular formula is C21H18FNO2. The first-order chi connectivity index (χ1) is 12.0. The van der Waals surface area contributed by atoms with Crippen LogP contribution in [-0.4, -0.2) is 5.91 Å². The highest BCUT2D eigenvalue weighted by Crippen LogP contribution is 2.26. The quantitative estimate of drug-likeness (QED) is 0.685. The van der Waals surface area contributed by atoms with E-state index in [9.17, 15) is 9.18 Å². The van der Waals surface area contributed by atoms with E-state index in [1.54, 1.807) is 31.2 Å². The molecule has 1 amide bonds. The summed E-state index contributed by atoms with van der Waals surface area (Å²) in [7, 11) is 0. The topological polar surface area (TPSA) is 38.3 Å². The zero-order valence-corrected chi connectivity index (χ0v) is 14.0. The minimum atomic E-state index is -0.355. The Morgan fingerprint density at radius 3 is 2.32 bits per heavy atom. The van der Waals surface area contributed by atoms with Gasteiger partial charge in [0.05, 0.1) is 0 Å². The molecule has 0 atom stereocenters. The van der Waals surface area contributed by atoms with Crippen LogP contribution in [0.4, 0.5) is 10.1 Å². The van der Waals surface area contributed by atoms with Gasteiger partial charge >= 0.3 is 0 Å². The smallest absolute Gasteiger partial charge is 0.255 e. The van der Waals surface area contributed by atoms with Crippen LogP contribution >= 0.6 is 0 Å². The van der Waals surface area contributed by atoms with Gasteiger partial charge in [-0.05, 0) is 73.5 Å². The fraction of sp³-hybridized carbons (Fsp3) is 0.0952. The lowest BCUT2D eigenvalue weighted by molar-refractivity contribution is 0.102. The molecule has 0 spiro atoms. The zero-order valence-electron chi connectivity index (χ0n) is 14.0. The lowest BCUT2D eigenvalue weighted by Crippen LogP contribution is -2.13. The van der Waals surface area contributed by atoms with Crippen LogP contribution in [-0.2, 0) is 0 Å². The van der Waals surface area contributed by atoms with Crippen molar-refractivity contribution in [2.24, 2.45) is 0 Å². The Kier molecular flexibility index (Phi) is 4.80. The van der Waals surface area contributed by atoms with Gasteiger partial charge in [0, 0.05) is 11.3 Å². The first-order valence-corrected chi connectivity index (χ1v) is 7.94. The third-order valence-electron chi connectivity index (χ3n) is 3.87. The molecule has 126 valence electrons. The molecule has 4 heteroatoms.